The SMILES string of the molecule is COC(=O)CC[C@@H]1OC(O)C[C@H](c2ccccc2)[C@@H]1[N+](=O)[O-]. The number of aliphatic hydroxyl groups excluding tert-OH is 1. The zero-order valence-electron chi connectivity index (χ0n) is 12.3. The molecule has 1 heterocycles. The van der Waals surface area contributed by atoms with E-state index in [0.717, 1.165) is 5.56 Å². The molecule has 1 unspecified atom stereocenters. The number of hydrogen-bond acceptors (Lipinski definition) is 6. The minimum absolute atomic E-state index is 0.0136. The molecule has 0 amide bonds. The Labute approximate surface area is 128 Å². The molecule has 0 spiro atoms. The van der Waals surface area contributed by atoms with Crippen LogP contribution in [-0.2, 0) is 14.3 Å². The second-order valence-electron chi connectivity index (χ2n) is 5.27. The van der Waals surface area contributed by atoms with E-state index in [2.05, 4.69) is 4.74 Å². The highest BCUT2D eigenvalue weighted by Crippen LogP contribution is 2.36. The molecule has 1 aromatic rings. The van der Waals surface area contributed by atoms with Crippen LogP contribution >= 0.6 is 0 Å². The van der Waals surface area contributed by atoms with Crippen LogP contribution in [0, 0.1) is 10.1 Å². The number of ether oxygens (including phenoxy) is 2. The van der Waals surface area contributed by atoms with Gasteiger partial charge in [0, 0.05) is 17.8 Å². The van der Waals surface area contributed by atoms with Crippen LogP contribution < -0.4 is 0 Å². The second kappa shape index (κ2) is 7.33. The zero-order valence-corrected chi connectivity index (χ0v) is 12.3. The minimum Gasteiger partial charge on any atom is -0.469 e. The monoisotopic (exact) mass is 309 g/mol. The molecule has 2 rings (SSSR count). The largest absolute Gasteiger partial charge is 0.469 e. The summed E-state index contributed by atoms with van der Waals surface area (Å²) in [5.41, 5.74) is 0.787. The van der Waals surface area contributed by atoms with Gasteiger partial charge in [0.25, 0.3) is 0 Å². The van der Waals surface area contributed by atoms with Crippen LogP contribution in [0.3, 0.4) is 0 Å². The van der Waals surface area contributed by atoms with E-state index in [1.54, 1.807) is 24.3 Å². The topological polar surface area (TPSA) is 98.9 Å². The fraction of sp³-hybridized carbons (Fsp3) is 0.533. The lowest BCUT2D eigenvalue weighted by atomic mass is 9.82. The molecule has 0 aromatic heterocycles. The lowest BCUT2D eigenvalue weighted by molar-refractivity contribution is -0.549. The van der Waals surface area contributed by atoms with Gasteiger partial charge in [-0.2, -0.15) is 0 Å². The van der Waals surface area contributed by atoms with Gasteiger partial charge in [0.1, 0.15) is 6.10 Å². The molecule has 4 atom stereocenters. The van der Waals surface area contributed by atoms with E-state index in [4.69, 9.17) is 4.74 Å². The first-order chi connectivity index (χ1) is 10.5. The van der Waals surface area contributed by atoms with Crippen molar-refractivity contribution < 1.29 is 24.3 Å². The maximum Gasteiger partial charge on any atom is 0.305 e. The maximum absolute atomic E-state index is 11.5. The van der Waals surface area contributed by atoms with E-state index in [-0.39, 0.29) is 24.2 Å². The smallest absolute Gasteiger partial charge is 0.305 e. The summed E-state index contributed by atoms with van der Waals surface area (Å²) in [5, 5.41) is 21.4. The fourth-order valence-electron chi connectivity index (χ4n) is 2.87. The minimum atomic E-state index is -1.08. The van der Waals surface area contributed by atoms with Crippen molar-refractivity contribution in [2.75, 3.05) is 7.11 Å². The van der Waals surface area contributed by atoms with Crippen molar-refractivity contribution in [1.82, 2.24) is 0 Å². The average Bonchev–Trinajstić information content (AvgIpc) is 2.52. The van der Waals surface area contributed by atoms with Gasteiger partial charge in [0.15, 0.2) is 6.29 Å². The van der Waals surface area contributed by atoms with E-state index in [1.807, 2.05) is 6.07 Å². The lowest BCUT2D eigenvalue weighted by Crippen LogP contribution is -2.48. The van der Waals surface area contributed by atoms with E-state index >= 15 is 0 Å². The third kappa shape index (κ3) is 3.80. The van der Waals surface area contributed by atoms with Gasteiger partial charge in [-0.1, -0.05) is 30.3 Å². The Balaban J connectivity index is 2.21. The number of carbonyl (C=O) groups excluding carboxylic acids is 1. The fourth-order valence-corrected chi connectivity index (χ4v) is 2.87. The van der Waals surface area contributed by atoms with Crippen LogP contribution in [0.4, 0.5) is 0 Å². The van der Waals surface area contributed by atoms with Crippen molar-refractivity contribution in [3.63, 3.8) is 0 Å². The number of nitrogens with zero attached hydrogens (tertiary/aromatic N) is 1. The van der Waals surface area contributed by atoms with Gasteiger partial charge in [0.2, 0.25) is 6.04 Å². The highest BCUT2D eigenvalue weighted by atomic mass is 16.6. The van der Waals surface area contributed by atoms with Gasteiger partial charge >= 0.3 is 5.97 Å². The van der Waals surface area contributed by atoms with Crippen LogP contribution in [0.15, 0.2) is 30.3 Å². The van der Waals surface area contributed by atoms with Crippen LogP contribution in [-0.4, -0.2) is 41.5 Å². The number of carbonyl (C=O) groups is 1. The second-order valence-corrected chi connectivity index (χ2v) is 5.27. The molecular formula is C15H19NO6. The van der Waals surface area contributed by atoms with Gasteiger partial charge in [-0.15, -0.1) is 0 Å². The van der Waals surface area contributed by atoms with Gasteiger partial charge in [-0.3, -0.25) is 14.9 Å². The molecule has 0 radical (unpaired) electrons. The van der Waals surface area contributed by atoms with Gasteiger partial charge < -0.3 is 14.6 Å². The molecule has 0 aliphatic carbocycles. The summed E-state index contributed by atoms with van der Waals surface area (Å²) < 4.78 is 9.86. The number of hydrogen-bond donors (Lipinski definition) is 1. The summed E-state index contributed by atoms with van der Waals surface area (Å²) in [6.07, 6.45) is -1.60. The quantitative estimate of drug-likeness (QED) is 0.502. The Morgan fingerprint density at radius 3 is 2.73 bits per heavy atom. The number of benzene rings is 1. The van der Waals surface area contributed by atoms with E-state index in [9.17, 15) is 20.0 Å². The summed E-state index contributed by atoms with van der Waals surface area (Å²) in [6.45, 7) is 0. The summed E-state index contributed by atoms with van der Waals surface area (Å²) in [5.74, 6) is -0.912. The first-order valence-corrected chi connectivity index (χ1v) is 7.11. The normalized spacial score (nSPS) is 28.1. The standard InChI is InChI=1S/C15H19NO6/c1-21-13(17)8-7-12-15(16(19)20)11(9-14(18)22-12)10-5-3-2-4-6-10/h2-6,11-12,14-15,18H,7-9H2,1H3/t11-,12+,14?,15+/m1/s1. The molecule has 0 bridgehead atoms. The molecule has 7 nitrogen and oxygen atoms in total. The average molecular weight is 309 g/mol. The van der Waals surface area contributed by atoms with Crippen LogP contribution in [0.2, 0.25) is 0 Å². The van der Waals surface area contributed by atoms with Crippen molar-refractivity contribution in [1.29, 1.82) is 0 Å². The number of methoxy groups -OCH3 is 1. The Bertz CT molecular complexity index is 520. The molecule has 1 aliphatic rings. The molecule has 22 heavy (non-hydrogen) atoms. The molecular weight excluding hydrogens is 290 g/mol. The first kappa shape index (κ1) is 16.4. The summed E-state index contributed by atoms with van der Waals surface area (Å²) >= 11 is 0. The first-order valence-electron chi connectivity index (χ1n) is 7.11. The third-order valence-electron chi connectivity index (χ3n) is 3.91. The van der Waals surface area contributed by atoms with Gasteiger partial charge in [-0.05, 0) is 12.0 Å². The molecule has 1 aromatic carbocycles. The number of esters is 1. The molecule has 1 aliphatic heterocycles. The molecule has 0 saturated carbocycles. The Morgan fingerprint density at radius 2 is 2.14 bits per heavy atom. The molecule has 1 N–H and O–H groups in total. The Hall–Kier alpha value is -1.99. The molecule has 1 fully saturated rings. The van der Waals surface area contributed by atoms with Crippen molar-refractivity contribution in [3.8, 4) is 0 Å². The molecule has 120 valence electrons. The highest BCUT2D eigenvalue weighted by molar-refractivity contribution is 5.69. The van der Waals surface area contributed by atoms with Gasteiger partial charge in [0.05, 0.1) is 13.0 Å². The van der Waals surface area contributed by atoms with Gasteiger partial charge in [-0.25, -0.2) is 0 Å². The number of aliphatic hydroxyl groups is 1. The molecule has 1 saturated heterocycles. The van der Waals surface area contributed by atoms with E-state index in [0.29, 0.717) is 0 Å². The lowest BCUT2D eigenvalue weighted by Gasteiger charge is -2.35. The van der Waals surface area contributed by atoms with E-state index in [1.165, 1.54) is 7.11 Å². The van der Waals surface area contributed by atoms with Crippen molar-refractivity contribution in [3.05, 3.63) is 46.0 Å². The zero-order chi connectivity index (χ0) is 16.1. The van der Waals surface area contributed by atoms with Crippen LogP contribution in [0.25, 0.3) is 0 Å². The predicted molar refractivity (Wildman–Crippen MR) is 76.7 cm³/mol. The third-order valence-corrected chi connectivity index (χ3v) is 3.91. The highest BCUT2D eigenvalue weighted by Gasteiger charge is 2.46. The summed E-state index contributed by atoms with van der Waals surface area (Å²) in [4.78, 5) is 22.4. The Kier molecular flexibility index (Phi) is 5.46. The van der Waals surface area contributed by atoms with Crippen LogP contribution in [0.1, 0.15) is 30.7 Å². The number of nitro groups is 1. The summed E-state index contributed by atoms with van der Waals surface area (Å²) in [6, 6.07) is 8.04. The van der Waals surface area contributed by atoms with Crippen molar-refractivity contribution in [2.24, 2.45) is 0 Å². The summed E-state index contributed by atoms with van der Waals surface area (Å²) in [7, 11) is 1.26. The molecule has 7 heteroatoms. The predicted octanol–water partition coefficient (Wildman–Crippen LogP) is 1.48. The van der Waals surface area contributed by atoms with Crippen LogP contribution in [0.5, 0.6) is 0 Å². The van der Waals surface area contributed by atoms with Crippen molar-refractivity contribution >= 4 is 5.97 Å². The Morgan fingerprint density at radius 1 is 1.45 bits per heavy atom. The van der Waals surface area contributed by atoms with Crippen molar-refractivity contribution in [2.45, 2.75) is 43.6 Å². The maximum atomic E-state index is 11.5. The number of rotatable bonds is 5. The van der Waals surface area contributed by atoms with E-state index < -0.39 is 30.3 Å².